The van der Waals surface area contributed by atoms with Crippen LogP contribution in [-0.4, -0.2) is 44.6 Å². The van der Waals surface area contributed by atoms with Crippen molar-refractivity contribution in [1.82, 2.24) is 9.88 Å². The van der Waals surface area contributed by atoms with Crippen LogP contribution >= 0.6 is 11.3 Å². The van der Waals surface area contributed by atoms with Crippen molar-refractivity contribution in [1.29, 1.82) is 0 Å². The summed E-state index contributed by atoms with van der Waals surface area (Å²) in [4.78, 5) is 19.7. The Kier molecular flexibility index (Phi) is 4.17. The lowest BCUT2D eigenvalue weighted by Gasteiger charge is -2.26. The molecular weight excluding hydrogens is 304 g/mol. The molecule has 6 heteroatoms. The lowest BCUT2D eigenvalue weighted by Crippen LogP contribution is -2.41. The van der Waals surface area contributed by atoms with E-state index in [1.165, 1.54) is 11.3 Å². The second-order valence-corrected chi connectivity index (χ2v) is 7.82. The maximum absolute atomic E-state index is 12.7. The highest BCUT2D eigenvalue weighted by molar-refractivity contribution is 7.85. The number of aromatic nitrogens is 1. The van der Waals surface area contributed by atoms with Crippen molar-refractivity contribution >= 4 is 28.0 Å². The van der Waals surface area contributed by atoms with Gasteiger partial charge in [0.15, 0.2) is 0 Å². The summed E-state index contributed by atoms with van der Waals surface area (Å²) >= 11 is 1.43. The van der Waals surface area contributed by atoms with Gasteiger partial charge in [-0.15, -0.1) is 11.3 Å². The molecule has 0 aliphatic carbocycles. The van der Waals surface area contributed by atoms with E-state index in [0.29, 0.717) is 29.5 Å². The van der Waals surface area contributed by atoms with Crippen LogP contribution in [0.5, 0.6) is 0 Å². The molecule has 0 spiro atoms. The zero-order chi connectivity index (χ0) is 14.8. The largest absolute Gasteiger partial charge is 0.336 e. The normalized spacial score (nSPS) is 16.1. The van der Waals surface area contributed by atoms with Crippen molar-refractivity contribution in [2.45, 2.75) is 6.92 Å². The fourth-order valence-corrected chi connectivity index (χ4v) is 4.31. The zero-order valence-electron chi connectivity index (χ0n) is 11.7. The van der Waals surface area contributed by atoms with E-state index in [9.17, 15) is 9.00 Å². The maximum atomic E-state index is 12.7. The van der Waals surface area contributed by atoms with Crippen LogP contribution < -0.4 is 0 Å². The summed E-state index contributed by atoms with van der Waals surface area (Å²) in [5, 5.41) is 0.887. The van der Waals surface area contributed by atoms with Gasteiger partial charge in [0.1, 0.15) is 4.88 Å². The first kappa shape index (κ1) is 14.4. The molecule has 110 valence electrons. The number of hydrogen-bond donors (Lipinski definition) is 0. The third-order valence-electron chi connectivity index (χ3n) is 3.44. The van der Waals surface area contributed by atoms with Crippen molar-refractivity contribution in [3.8, 4) is 11.3 Å². The molecule has 0 radical (unpaired) electrons. The Morgan fingerprint density at radius 1 is 1.24 bits per heavy atom. The van der Waals surface area contributed by atoms with E-state index in [1.807, 2.05) is 37.3 Å². The Morgan fingerprint density at radius 3 is 2.57 bits per heavy atom. The predicted molar refractivity (Wildman–Crippen MR) is 86.1 cm³/mol. The molecule has 1 aromatic heterocycles. The highest BCUT2D eigenvalue weighted by Gasteiger charge is 2.26. The minimum Gasteiger partial charge on any atom is -0.336 e. The first-order chi connectivity index (χ1) is 10.1. The van der Waals surface area contributed by atoms with Crippen LogP contribution in [0.1, 0.15) is 14.7 Å². The van der Waals surface area contributed by atoms with Gasteiger partial charge in [0.2, 0.25) is 0 Å². The fourth-order valence-electron chi connectivity index (χ4n) is 2.35. The first-order valence-corrected chi connectivity index (χ1v) is 9.12. The topological polar surface area (TPSA) is 50.3 Å². The van der Waals surface area contributed by atoms with Gasteiger partial charge in [0, 0.05) is 41.0 Å². The number of carbonyl (C=O) groups is 1. The maximum Gasteiger partial charge on any atom is 0.266 e. The van der Waals surface area contributed by atoms with Crippen molar-refractivity contribution < 1.29 is 9.00 Å². The quantitative estimate of drug-likeness (QED) is 0.853. The Hall–Kier alpha value is -1.53. The van der Waals surface area contributed by atoms with E-state index in [4.69, 9.17) is 0 Å². The molecule has 4 nitrogen and oxygen atoms in total. The molecule has 0 bridgehead atoms. The molecule has 0 N–H and O–H groups in total. The van der Waals surface area contributed by atoms with Gasteiger partial charge < -0.3 is 4.90 Å². The number of hydrogen-bond acceptors (Lipinski definition) is 4. The molecule has 0 saturated carbocycles. The number of aryl methyl sites for hydroxylation is 1. The number of amides is 1. The van der Waals surface area contributed by atoms with Gasteiger partial charge in [-0.25, -0.2) is 4.98 Å². The number of carbonyl (C=O) groups excluding carboxylic acids is 1. The second kappa shape index (κ2) is 6.07. The molecular formula is C15H16N2O2S2. The van der Waals surface area contributed by atoms with E-state index < -0.39 is 10.8 Å². The first-order valence-electron chi connectivity index (χ1n) is 6.82. The van der Waals surface area contributed by atoms with E-state index in [2.05, 4.69) is 4.98 Å². The van der Waals surface area contributed by atoms with Crippen molar-refractivity contribution in [2.75, 3.05) is 24.6 Å². The van der Waals surface area contributed by atoms with Gasteiger partial charge in [0.05, 0.1) is 10.7 Å². The van der Waals surface area contributed by atoms with Crippen molar-refractivity contribution in [3.63, 3.8) is 0 Å². The number of rotatable bonds is 2. The number of nitrogens with zero attached hydrogens (tertiary/aromatic N) is 2. The SMILES string of the molecule is Cc1nc(-c2ccccc2)c(C(=O)N2CCS(=O)CC2)s1. The molecule has 1 fully saturated rings. The Labute approximate surface area is 130 Å². The third kappa shape index (κ3) is 3.06. The summed E-state index contributed by atoms with van der Waals surface area (Å²) in [7, 11) is -0.776. The summed E-state index contributed by atoms with van der Waals surface area (Å²) in [5.74, 6) is 1.16. The molecule has 3 rings (SSSR count). The van der Waals surface area contributed by atoms with Crippen LogP contribution in [0.2, 0.25) is 0 Å². The van der Waals surface area contributed by atoms with Crippen LogP contribution in [0, 0.1) is 6.92 Å². The van der Waals surface area contributed by atoms with Crippen LogP contribution in [0.4, 0.5) is 0 Å². The minimum absolute atomic E-state index is 0.0103. The molecule has 0 atom stereocenters. The Bertz CT molecular complexity index is 672. The predicted octanol–water partition coefficient (Wildman–Crippen LogP) is 2.32. The van der Waals surface area contributed by atoms with Gasteiger partial charge in [-0.1, -0.05) is 30.3 Å². The molecule has 1 saturated heterocycles. The molecule has 1 amide bonds. The van der Waals surface area contributed by atoms with Gasteiger partial charge in [-0.05, 0) is 6.92 Å². The van der Waals surface area contributed by atoms with Crippen LogP contribution in [0.25, 0.3) is 11.3 Å². The second-order valence-electron chi connectivity index (χ2n) is 4.92. The van der Waals surface area contributed by atoms with Crippen LogP contribution in [0.3, 0.4) is 0 Å². The summed E-state index contributed by atoms with van der Waals surface area (Å²) in [6.07, 6.45) is 0. The molecule has 1 aliphatic rings. The molecule has 1 aliphatic heterocycles. The van der Waals surface area contributed by atoms with Gasteiger partial charge in [-0.2, -0.15) is 0 Å². The average molecular weight is 320 g/mol. The molecule has 2 aromatic rings. The highest BCUT2D eigenvalue weighted by atomic mass is 32.2. The number of benzene rings is 1. The summed E-state index contributed by atoms with van der Waals surface area (Å²) in [5.41, 5.74) is 1.72. The monoisotopic (exact) mass is 320 g/mol. The molecule has 1 aromatic carbocycles. The standard InChI is InChI=1S/C15H16N2O2S2/c1-11-16-13(12-5-3-2-4-6-12)14(20-11)15(18)17-7-9-21(19)10-8-17/h2-6H,7-10H2,1H3. The smallest absolute Gasteiger partial charge is 0.266 e. The summed E-state index contributed by atoms with van der Waals surface area (Å²) in [6, 6.07) is 9.78. The average Bonchev–Trinajstić information content (AvgIpc) is 2.90. The Balaban J connectivity index is 1.92. The lowest BCUT2D eigenvalue weighted by molar-refractivity contribution is 0.0776. The van der Waals surface area contributed by atoms with Gasteiger partial charge >= 0.3 is 0 Å². The minimum atomic E-state index is -0.776. The third-order valence-corrected chi connectivity index (χ3v) is 5.68. The number of thiazole rings is 1. The van der Waals surface area contributed by atoms with Gasteiger partial charge in [-0.3, -0.25) is 9.00 Å². The Morgan fingerprint density at radius 2 is 1.90 bits per heavy atom. The fraction of sp³-hybridized carbons (Fsp3) is 0.333. The van der Waals surface area contributed by atoms with Crippen LogP contribution in [-0.2, 0) is 10.8 Å². The zero-order valence-corrected chi connectivity index (χ0v) is 13.4. The van der Waals surface area contributed by atoms with Gasteiger partial charge in [0.25, 0.3) is 5.91 Å². The molecule has 0 unspecified atom stereocenters. The van der Waals surface area contributed by atoms with Crippen molar-refractivity contribution in [2.24, 2.45) is 0 Å². The van der Waals surface area contributed by atoms with Crippen molar-refractivity contribution in [3.05, 3.63) is 40.2 Å². The van der Waals surface area contributed by atoms with E-state index in [0.717, 1.165) is 16.3 Å². The summed E-state index contributed by atoms with van der Waals surface area (Å²) in [6.45, 7) is 3.05. The van der Waals surface area contributed by atoms with E-state index in [1.54, 1.807) is 4.90 Å². The van der Waals surface area contributed by atoms with E-state index in [-0.39, 0.29) is 5.91 Å². The molecule has 21 heavy (non-hydrogen) atoms. The van der Waals surface area contributed by atoms with Crippen LogP contribution in [0.15, 0.2) is 30.3 Å². The van der Waals surface area contributed by atoms with E-state index >= 15 is 0 Å². The lowest BCUT2D eigenvalue weighted by atomic mass is 10.1. The molecule has 2 heterocycles. The highest BCUT2D eigenvalue weighted by Crippen LogP contribution is 2.29. The summed E-state index contributed by atoms with van der Waals surface area (Å²) < 4.78 is 11.4.